The molecule has 0 unspecified atom stereocenters. The maximum Gasteiger partial charge on any atom is 0.313 e. The van der Waals surface area contributed by atoms with Gasteiger partial charge in [-0.05, 0) is 25.1 Å². The predicted molar refractivity (Wildman–Crippen MR) is 62.7 cm³/mol. The monoisotopic (exact) mass is 251 g/mol. The average Bonchev–Trinajstić information content (AvgIpc) is 2.29. The van der Waals surface area contributed by atoms with E-state index in [4.69, 9.17) is 16.3 Å². The van der Waals surface area contributed by atoms with Gasteiger partial charge in [0, 0.05) is 5.02 Å². The second-order valence-electron chi connectivity index (χ2n) is 3.34. The first-order valence-corrected chi connectivity index (χ1v) is 5.51. The number of ether oxygens (including phenoxy) is 1. The van der Waals surface area contributed by atoms with Crippen LogP contribution in [0.5, 0.6) is 0 Å². The van der Waals surface area contributed by atoms with Crippen LogP contribution in [0.4, 0.5) is 0 Å². The molecule has 2 rings (SSSR count). The summed E-state index contributed by atoms with van der Waals surface area (Å²) in [6, 6.07) is 5.12. The number of aromatic nitrogens is 3. The summed E-state index contributed by atoms with van der Waals surface area (Å²) in [6.45, 7) is 2.09. The zero-order valence-corrected chi connectivity index (χ0v) is 9.94. The second kappa shape index (κ2) is 5.05. The number of nitrogens with zero attached hydrogens (tertiary/aromatic N) is 3. The molecule has 1 aromatic carbocycles. The van der Waals surface area contributed by atoms with Gasteiger partial charge in [-0.2, -0.15) is 0 Å². The zero-order valence-electron chi connectivity index (χ0n) is 9.18. The lowest BCUT2D eigenvalue weighted by Gasteiger charge is -2.01. The molecule has 0 aliphatic carbocycles. The first-order valence-electron chi connectivity index (χ1n) is 5.13. The summed E-state index contributed by atoms with van der Waals surface area (Å²) in [5.41, 5.74) is 1.26. The Morgan fingerprint density at radius 2 is 2.18 bits per heavy atom. The van der Waals surface area contributed by atoms with Gasteiger partial charge in [0.2, 0.25) is 0 Å². The van der Waals surface area contributed by atoms with Gasteiger partial charge in [-0.1, -0.05) is 11.6 Å². The summed E-state index contributed by atoms with van der Waals surface area (Å²) in [7, 11) is 0. The van der Waals surface area contributed by atoms with E-state index in [1.807, 2.05) is 0 Å². The van der Waals surface area contributed by atoms with Crippen molar-refractivity contribution in [2.75, 3.05) is 6.61 Å². The summed E-state index contributed by atoms with van der Waals surface area (Å²) in [5, 5.41) is 8.38. The molecule has 5 nitrogen and oxygen atoms in total. The van der Waals surface area contributed by atoms with Crippen LogP contribution in [0.15, 0.2) is 18.2 Å². The van der Waals surface area contributed by atoms with Gasteiger partial charge in [0.25, 0.3) is 0 Å². The Morgan fingerprint density at radius 1 is 1.35 bits per heavy atom. The lowest BCUT2D eigenvalue weighted by molar-refractivity contribution is -0.142. The molecule has 0 aliphatic rings. The van der Waals surface area contributed by atoms with Crippen LogP contribution in [0.3, 0.4) is 0 Å². The molecule has 2 aromatic rings. The van der Waals surface area contributed by atoms with E-state index in [2.05, 4.69) is 15.2 Å². The molecule has 0 fully saturated rings. The van der Waals surface area contributed by atoms with Crippen molar-refractivity contribution in [2.24, 2.45) is 0 Å². The van der Waals surface area contributed by atoms with Crippen molar-refractivity contribution in [3.63, 3.8) is 0 Å². The van der Waals surface area contributed by atoms with Crippen molar-refractivity contribution in [1.29, 1.82) is 0 Å². The lowest BCUT2D eigenvalue weighted by atomic mass is 10.3. The van der Waals surface area contributed by atoms with Crippen LogP contribution in [0.25, 0.3) is 11.0 Å². The summed E-state index contributed by atoms with van der Waals surface area (Å²) in [4.78, 5) is 15.5. The number of rotatable bonds is 3. The number of benzene rings is 1. The fraction of sp³-hybridized carbons (Fsp3) is 0.273. The van der Waals surface area contributed by atoms with Crippen LogP contribution in [-0.2, 0) is 16.0 Å². The number of halogens is 1. The van der Waals surface area contributed by atoms with Gasteiger partial charge in [0.15, 0.2) is 5.82 Å². The van der Waals surface area contributed by atoms with Crippen LogP contribution in [-0.4, -0.2) is 27.8 Å². The first-order chi connectivity index (χ1) is 8.19. The maximum atomic E-state index is 11.3. The van der Waals surface area contributed by atoms with Crippen LogP contribution >= 0.6 is 11.6 Å². The third-order valence-corrected chi connectivity index (χ3v) is 2.30. The minimum atomic E-state index is -0.359. The lowest BCUT2D eigenvalue weighted by Crippen LogP contribution is -2.11. The third-order valence-electron chi connectivity index (χ3n) is 2.07. The molecule has 0 aliphatic heterocycles. The van der Waals surface area contributed by atoms with E-state index in [1.54, 1.807) is 25.1 Å². The zero-order chi connectivity index (χ0) is 12.3. The van der Waals surface area contributed by atoms with Crippen LogP contribution in [0, 0.1) is 0 Å². The molecule has 0 spiro atoms. The van der Waals surface area contributed by atoms with E-state index in [9.17, 15) is 4.79 Å². The molecule has 0 bridgehead atoms. The molecule has 0 saturated carbocycles. The van der Waals surface area contributed by atoms with Crippen LogP contribution in [0.2, 0.25) is 5.02 Å². The Balaban J connectivity index is 2.26. The largest absolute Gasteiger partial charge is 0.466 e. The molecule has 0 amide bonds. The average molecular weight is 252 g/mol. The van der Waals surface area contributed by atoms with E-state index >= 15 is 0 Å². The fourth-order valence-corrected chi connectivity index (χ4v) is 1.53. The highest BCUT2D eigenvalue weighted by atomic mass is 35.5. The Kier molecular flexibility index (Phi) is 3.49. The molecule has 1 heterocycles. The second-order valence-corrected chi connectivity index (χ2v) is 3.78. The molecule has 0 saturated heterocycles. The third kappa shape index (κ3) is 2.88. The van der Waals surface area contributed by atoms with Crippen molar-refractivity contribution < 1.29 is 9.53 Å². The van der Waals surface area contributed by atoms with Gasteiger partial charge < -0.3 is 4.74 Å². The first kappa shape index (κ1) is 11.7. The molecular weight excluding hydrogens is 242 g/mol. The molecule has 0 atom stereocenters. The van der Waals surface area contributed by atoms with Crippen molar-refractivity contribution in [3.8, 4) is 0 Å². The summed E-state index contributed by atoms with van der Waals surface area (Å²) < 4.78 is 4.81. The van der Waals surface area contributed by atoms with Gasteiger partial charge in [-0.3, -0.25) is 4.79 Å². The standard InChI is InChI=1S/C11H10ClN3O2/c1-2-17-11(16)6-10-13-8-4-3-7(12)5-9(8)14-15-10/h3-5H,2,6H2,1H3. The molecule has 88 valence electrons. The highest BCUT2D eigenvalue weighted by Gasteiger charge is 2.08. The number of hydrogen-bond acceptors (Lipinski definition) is 5. The summed E-state index contributed by atoms with van der Waals surface area (Å²) >= 11 is 5.81. The summed E-state index contributed by atoms with van der Waals surface area (Å²) in [6.07, 6.45) is 0.0272. The minimum Gasteiger partial charge on any atom is -0.466 e. The van der Waals surface area contributed by atoms with Gasteiger partial charge in [-0.25, -0.2) is 4.98 Å². The Morgan fingerprint density at radius 3 is 2.94 bits per heavy atom. The van der Waals surface area contributed by atoms with E-state index in [0.717, 1.165) is 0 Å². The van der Waals surface area contributed by atoms with Crippen molar-refractivity contribution in [2.45, 2.75) is 13.3 Å². The smallest absolute Gasteiger partial charge is 0.313 e. The van der Waals surface area contributed by atoms with Crippen LogP contribution < -0.4 is 0 Å². The number of carbonyl (C=O) groups excluding carboxylic acids is 1. The van der Waals surface area contributed by atoms with Gasteiger partial charge >= 0.3 is 5.97 Å². The van der Waals surface area contributed by atoms with Gasteiger partial charge in [-0.15, -0.1) is 10.2 Å². The Hall–Kier alpha value is -1.75. The van der Waals surface area contributed by atoms with E-state index in [-0.39, 0.29) is 12.4 Å². The predicted octanol–water partition coefficient (Wildman–Crippen LogP) is 1.78. The van der Waals surface area contributed by atoms with Crippen molar-refractivity contribution in [3.05, 3.63) is 29.0 Å². The number of carbonyl (C=O) groups is 1. The molecule has 0 radical (unpaired) electrons. The summed E-state index contributed by atoms with van der Waals surface area (Å²) in [5.74, 6) is -0.0131. The minimum absolute atomic E-state index is 0.0272. The molecular formula is C11H10ClN3O2. The maximum absolute atomic E-state index is 11.3. The van der Waals surface area contributed by atoms with Gasteiger partial charge in [0.1, 0.15) is 11.9 Å². The van der Waals surface area contributed by atoms with E-state index < -0.39 is 0 Å². The number of hydrogen-bond donors (Lipinski definition) is 0. The van der Waals surface area contributed by atoms with E-state index in [0.29, 0.717) is 28.5 Å². The Bertz CT molecular complexity index is 559. The fourth-order valence-electron chi connectivity index (χ4n) is 1.36. The van der Waals surface area contributed by atoms with Gasteiger partial charge in [0.05, 0.1) is 12.1 Å². The van der Waals surface area contributed by atoms with Crippen molar-refractivity contribution >= 4 is 28.6 Å². The topological polar surface area (TPSA) is 65.0 Å². The number of fused-ring (bicyclic) bond motifs is 1. The van der Waals surface area contributed by atoms with E-state index in [1.165, 1.54) is 0 Å². The van der Waals surface area contributed by atoms with Crippen LogP contribution in [0.1, 0.15) is 12.7 Å². The molecule has 17 heavy (non-hydrogen) atoms. The highest BCUT2D eigenvalue weighted by Crippen LogP contribution is 2.15. The molecule has 0 N–H and O–H groups in total. The SMILES string of the molecule is CCOC(=O)Cc1nnc2cc(Cl)ccc2n1. The number of esters is 1. The quantitative estimate of drug-likeness (QED) is 0.778. The normalized spacial score (nSPS) is 10.5. The van der Waals surface area contributed by atoms with Crippen molar-refractivity contribution in [1.82, 2.24) is 15.2 Å². The highest BCUT2D eigenvalue weighted by molar-refractivity contribution is 6.31. The molecule has 6 heteroatoms. The molecule has 1 aromatic heterocycles. The Labute approximate surface area is 103 Å².